The van der Waals surface area contributed by atoms with Crippen LogP contribution in [-0.4, -0.2) is 42.8 Å². The number of methoxy groups -OCH3 is 1. The van der Waals surface area contributed by atoms with Crippen molar-refractivity contribution in [1.82, 2.24) is 4.90 Å². The van der Waals surface area contributed by atoms with Crippen LogP contribution in [0.4, 0.5) is 4.79 Å². The minimum absolute atomic E-state index is 0.268. The van der Waals surface area contributed by atoms with Crippen molar-refractivity contribution in [3.63, 3.8) is 0 Å². The van der Waals surface area contributed by atoms with E-state index in [0.717, 1.165) is 12.8 Å². The van der Waals surface area contributed by atoms with E-state index in [9.17, 15) is 9.59 Å². The van der Waals surface area contributed by atoms with Crippen LogP contribution in [0, 0.1) is 5.41 Å². The number of likely N-dealkylation sites (tertiary alicyclic amines) is 1. The molecule has 0 spiro atoms. The largest absolute Gasteiger partial charge is 0.469 e. The molecule has 0 aromatic carbocycles. The molecule has 0 saturated carbocycles. The summed E-state index contributed by atoms with van der Waals surface area (Å²) >= 11 is 0. The molecule has 104 valence electrons. The first kappa shape index (κ1) is 14.8. The summed E-state index contributed by atoms with van der Waals surface area (Å²) in [5, 5.41) is 0. The predicted octanol–water partition coefficient (Wildman–Crippen LogP) is 2.20. The van der Waals surface area contributed by atoms with Crippen molar-refractivity contribution in [2.75, 3.05) is 20.2 Å². The van der Waals surface area contributed by atoms with Gasteiger partial charge in [-0.3, -0.25) is 4.79 Å². The van der Waals surface area contributed by atoms with Gasteiger partial charge in [-0.05, 0) is 40.5 Å². The summed E-state index contributed by atoms with van der Waals surface area (Å²) < 4.78 is 10.1. The second-order valence-electron chi connectivity index (χ2n) is 6.06. The summed E-state index contributed by atoms with van der Waals surface area (Å²) in [6.07, 6.45) is 1.15. The van der Waals surface area contributed by atoms with Gasteiger partial charge in [0.05, 0.1) is 12.5 Å². The Morgan fingerprint density at radius 2 is 1.89 bits per heavy atom. The Hall–Kier alpha value is -1.26. The van der Waals surface area contributed by atoms with Gasteiger partial charge in [0.25, 0.3) is 0 Å². The normalized spacial score (nSPS) is 24.6. The van der Waals surface area contributed by atoms with E-state index in [1.807, 2.05) is 27.7 Å². The molecular formula is C13H23NO4. The van der Waals surface area contributed by atoms with E-state index in [4.69, 9.17) is 9.47 Å². The van der Waals surface area contributed by atoms with Crippen LogP contribution in [0.1, 0.15) is 40.5 Å². The topological polar surface area (TPSA) is 55.8 Å². The van der Waals surface area contributed by atoms with Crippen molar-refractivity contribution in [2.24, 2.45) is 5.41 Å². The number of nitrogens with zero attached hydrogens (tertiary/aromatic N) is 1. The molecule has 1 rings (SSSR count). The van der Waals surface area contributed by atoms with Crippen LogP contribution < -0.4 is 0 Å². The third-order valence-electron chi connectivity index (χ3n) is 3.03. The summed E-state index contributed by atoms with van der Waals surface area (Å²) in [4.78, 5) is 25.3. The minimum atomic E-state index is -0.621. The third-order valence-corrected chi connectivity index (χ3v) is 3.03. The van der Waals surface area contributed by atoms with Crippen molar-refractivity contribution in [3.05, 3.63) is 0 Å². The monoisotopic (exact) mass is 257 g/mol. The lowest BCUT2D eigenvalue weighted by Crippen LogP contribution is -2.50. The van der Waals surface area contributed by atoms with E-state index in [1.54, 1.807) is 4.90 Å². The van der Waals surface area contributed by atoms with Gasteiger partial charge in [0.1, 0.15) is 5.60 Å². The Morgan fingerprint density at radius 1 is 1.28 bits per heavy atom. The summed E-state index contributed by atoms with van der Waals surface area (Å²) in [5.74, 6) is -0.268. The lowest BCUT2D eigenvalue weighted by atomic mass is 9.82. The highest BCUT2D eigenvalue weighted by Gasteiger charge is 2.41. The van der Waals surface area contributed by atoms with Crippen LogP contribution in [0.5, 0.6) is 0 Å². The van der Waals surface area contributed by atoms with Gasteiger partial charge in [0, 0.05) is 13.1 Å². The number of piperidine rings is 1. The highest BCUT2D eigenvalue weighted by atomic mass is 16.6. The quantitative estimate of drug-likeness (QED) is 0.676. The molecular weight excluding hydrogens is 234 g/mol. The van der Waals surface area contributed by atoms with Gasteiger partial charge in [0.2, 0.25) is 0 Å². The van der Waals surface area contributed by atoms with Crippen LogP contribution in [0.25, 0.3) is 0 Å². The molecule has 1 fully saturated rings. The lowest BCUT2D eigenvalue weighted by molar-refractivity contribution is -0.154. The molecule has 1 heterocycles. The van der Waals surface area contributed by atoms with Gasteiger partial charge in [-0.25, -0.2) is 4.79 Å². The van der Waals surface area contributed by atoms with Crippen LogP contribution in [-0.2, 0) is 14.3 Å². The number of carbonyl (C=O) groups is 2. The molecule has 1 unspecified atom stereocenters. The molecule has 0 aromatic rings. The molecule has 5 heteroatoms. The number of amides is 1. The highest BCUT2D eigenvalue weighted by molar-refractivity contribution is 5.78. The number of rotatable bonds is 1. The van der Waals surface area contributed by atoms with Crippen LogP contribution >= 0.6 is 0 Å². The van der Waals surface area contributed by atoms with E-state index in [-0.39, 0.29) is 12.1 Å². The van der Waals surface area contributed by atoms with Gasteiger partial charge in [-0.1, -0.05) is 0 Å². The second kappa shape index (κ2) is 5.16. The Kier molecular flexibility index (Phi) is 4.24. The molecule has 5 nitrogen and oxygen atoms in total. The zero-order valence-corrected chi connectivity index (χ0v) is 11.9. The smallest absolute Gasteiger partial charge is 0.410 e. The minimum Gasteiger partial charge on any atom is -0.469 e. The number of hydrogen-bond acceptors (Lipinski definition) is 4. The Bertz CT molecular complexity index is 334. The maximum Gasteiger partial charge on any atom is 0.410 e. The van der Waals surface area contributed by atoms with Crippen molar-refractivity contribution in [3.8, 4) is 0 Å². The zero-order chi connectivity index (χ0) is 14.0. The molecule has 0 bridgehead atoms. The Labute approximate surface area is 108 Å². The maximum absolute atomic E-state index is 12.0. The molecule has 1 amide bonds. The van der Waals surface area contributed by atoms with E-state index < -0.39 is 11.0 Å². The molecule has 1 aliphatic rings. The fraction of sp³-hybridized carbons (Fsp3) is 0.846. The second-order valence-corrected chi connectivity index (χ2v) is 6.06. The van der Waals surface area contributed by atoms with E-state index in [2.05, 4.69) is 0 Å². The fourth-order valence-corrected chi connectivity index (χ4v) is 2.13. The molecule has 0 aromatic heterocycles. The highest BCUT2D eigenvalue weighted by Crippen LogP contribution is 2.31. The van der Waals surface area contributed by atoms with Gasteiger partial charge in [-0.2, -0.15) is 0 Å². The number of ether oxygens (including phenoxy) is 2. The summed E-state index contributed by atoms with van der Waals surface area (Å²) in [6.45, 7) is 8.29. The first-order valence-corrected chi connectivity index (χ1v) is 6.24. The first-order chi connectivity index (χ1) is 8.18. The van der Waals surface area contributed by atoms with Gasteiger partial charge < -0.3 is 14.4 Å². The standard InChI is InChI=1S/C13H23NO4/c1-12(2,3)18-11(16)14-8-6-7-13(4,9-14)10(15)17-5/h6-9H2,1-5H3. The molecule has 1 saturated heterocycles. The number of esters is 1. The van der Waals surface area contributed by atoms with Gasteiger partial charge >= 0.3 is 12.1 Å². The van der Waals surface area contributed by atoms with Crippen molar-refractivity contribution in [1.29, 1.82) is 0 Å². The SMILES string of the molecule is COC(=O)C1(C)CCCN(C(=O)OC(C)(C)C)C1. The van der Waals surface area contributed by atoms with Crippen LogP contribution in [0.15, 0.2) is 0 Å². The third kappa shape index (κ3) is 3.62. The summed E-state index contributed by atoms with van der Waals surface area (Å²) in [5.41, 5.74) is -1.14. The van der Waals surface area contributed by atoms with Crippen molar-refractivity contribution >= 4 is 12.1 Å². The van der Waals surface area contributed by atoms with Crippen molar-refractivity contribution < 1.29 is 19.1 Å². The van der Waals surface area contributed by atoms with Crippen LogP contribution in [0.3, 0.4) is 0 Å². The van der Waals surface area contributed by atoms with Gasteiger partial charge in [0.15, 0.2) is 0 Å². The fourth-order valence-electron chi connectivity index (χ4n) is 2.13. The Balaban J connectivity index is 2.69. The molecule has 0 radical (unpaired) electrons. The Morgan fingerprint density at radius 3 is 2.39 bits per heavy atom. The average Bonchev–Trinajstić information content (AvgIpc) is 2.25. The molecule has 18 heavy (non-hydrogen) atoms. The lowest BCUT2D eigenvalue weighted by Gasteiger charge is -2.38. The van der Waals surface area contributed by atoms with Gasteiger partial charge in [-0.15, -0.1) is 0 Å². The first-order valence-electron chi connectivity index (χ1n) is 6.24. The van der Waals surface area contributed by atoms with Crippen molar-refractivity contribution in [2.45, 2.75) is 46.1 Å². The molecule has 0 N–H and O–H groups in total. The molecule has 1 aliphatic heterocycles. The molecule has 1 atom stereocenters. The maximum atomic E-state index is 12.0. The van der Waals surface area contributed by atoms with E-state index in [0.29, 0.717) is 13.1 Å². The van der Waals surface area contributed by atoms with Crippen LogP contribution in [0.2, 0.25) is 0 Å². The molecule has 0 aliphatic carbocycles. The summed E-state index contributed by atoms with van der Waals surface area (Å²) in [6, 6.07) is 0. The average molecular weight is 257 g/mol. The predicted molar refractivity (Wildman–Crippen MR) is 67.2 cm³/mol. The van der Waals surface area contributed by atoms with E-state index in [1.165, 1.54) is 7.11 Å². The van der Waals surface area contributed by atoms with E-state index >= 15 is 0 Å². The summed E-state index contributed by atoms with van der Waals surface area (Å²) in [7, 11) is 1.38. The zero-order valence-electron chi connectivity index (χ0n) is 11.9. The number of carbonyl (C=O) groups excluding carboxylic acids is 2. The number of hydrogen-bond donors (Lipinski definition) is 0.